The van der Waals surface area contributed by atoms with Gasteiger partial charge in [0, 0.05) is 11.8 Å². The topological polar surface area (TPSA) is 32.7 Å². The summed E-state index contributed by atoms with van der Waals surface area (Å²) < 4.78 is 5.52. The van der Waals surface area contributed by atoms with E-state index in [4.69, 9.17) is 4.74 Å². The van der Waals surface area contributed by atoms with Gasteiger partial charge in [0.05, 0.1) is 19.4 Å². The number of methoxy groups -OCH3 is 1. The van der Waals surface area contributed by atoms with Crippen molar-refractivity contribution in [1.82, 2.24) is 4.90 Å². The molecule has 4 heteroatoms. The highest BCUT2D eigenvalue weighted by Crippen LogP contribution is 2.64. The summed E-state index contributed by atoms with van der Waals surface area (Å²) in [6, 6.07) is 0. The van der Waals surface area contributed by atoms with Gasteiger partial charge in [-0.15, -0.1) is 0 Å². The van der Waals surface area contributed by atoms with E-state index in [9.17, 15) is 5.11 Å². The van der Waals surface area contributed by atoms with Gasteiger partial charge in [0.15, 0.2) is 0 Å². The van der Waals surface area contributed by atoms with Crippen molar-refractivity contribution in [3.8, 4) is 11.8 Å². The maximum absolute atomic E-state index is 11.5. The van der Waals surface area contributed by atoms with Crippen LogP contribution >= 0.6 is 22.6 Å². The van der Waals surface area contributed by atoms with Gasteiger partial charge in [0.2, 0.25) is 0 Å². The van der Waals surface area contributed by atoms with Crippen LogP contribution in [0.2, 0.25) is 0 Å². The van der Waals surface area contributed by atoms with Crippen molar-refractivity contribution >= 4 is 22.6 Å². The third kappa shape index (κ3) is 4.16. The highest BCUT2D eigenvalue weighted by Gasteiger charge is 2.61. The zero-order valence-corrected chi connectivity index (χ0v) is 21.0. The van der Waals surface area contributed by atoms with E-state index >= 15 is 0 Å². The maximum Gasteiger partial charge on any atom is 0.131 e. The van der Waals surface area contributed by atoms with Gasteiger partial charge in [-0.25, -0.2) is 0 Å². The Morgan fingerprint density at radius 2 is 2.00 bits per heavy atom. The lowest BCUT2D eigenvalue weighted by Gasteiger charge is -2.53. The molecule has 4 rings (SSSR count). The molecule has 5 atom stereocenters. The molecule has 0 heterocycles. The number of aliphatic hydroxyl groups is 1. The number of alkyl halides is 1. The summed E-state index contributed by atoms with van der Waals surface area (Å²) >= 11 is 2.15. The lowest BCUT2D eigenvalue weighted by atomic mass is 9.52. The lowest BCUT2D eigenvalue weighted by molar-refractivity contribution is -0.0708. The van der Waals surface area contributed by atoms with Gasteiger partial charge in [-0.05, 0) is 87.8 Å². The van der Waals surface area contributed by atoms with Crippen LogP contribution in [0.25, 0.3) is 0 Å². The van der Waals surface area contributed by atoms with E-state index in [2.05, 4.69) is 52.3 Å². The molecule has 0 unspecified atom stereocenters. The zero-order valence-electron chi connectivity index (χ0n) is 18.9. The van der Waals surface area contributed by atoms with Crippen LogP contribution < -0.4 is 0 Å². The molecule has 0 amide bonds. The highest BCUT2D eigenvalue weighted by atomic mass is 127. The Bertz CT molecular complexity index is 731. The van der Waals surface area contributed by atoms with E-state index in [1.807, 2.05) is 19.0 Å². The first-order chi connectivity index (χ1) is 13.9. The van der Waals surface area contributed by atoms with Gasteiger partial charge in [-0.3, -0.25) is 4.90 Å². The van der Waals surface area contributed by atoms with E-state index in [-0.39, 0.29) is 5.41 Å². The summed E-state index contributed by atoms with van der Waals surface area (Å²) in [5.74, 6) is 9.78. The number of nitrogens with zero attached hydrogens (tertiary/aromatic N) is 1. The molecular formula is C25H38INO2. The second-order valence-electron chi connectivity index (χ2n) is 9.69. The van der Waals surface area contributed by atoms with Gasteiger partial charge in [-0.2, -0.15) is 0 Å². The number of hydrogen-bond donors (Lipinski definition) is 1. The van der Waals surface area contributed by atoms with E-state index in [1.54, 1.807) is 18.3 Å². The third-order valence-electron chi connectivity index (χ3n) is 8.16. The predicted octanol–water partition coefficient (Wildman–Crippen LogP) is 5.19. The number of rotatable bonds is 2. The van der Waals surface area contributed by atoms with Crippen molar-refractivity contribution in [3.05, 3.63) is 23.0 Å². The van der Waals surface area contributed by atoms with Gasteiger partial charge in [-0.1, -0.05) is 52.5 Å². The van der Waals surface area contributed by atoms with Crippen LogP contribution in [0.15, 0.2) is 23.0 Å². The monoisotopic (exact) mass is 511 g/mol. The molecule has 0 spiro atoms. The first-order valence-electron chi connectivity index (χ1n) is 11.1. The predicted molar refractivity (Wildman–Crippen MR) is 129 cm³/mol. The van der Waals surface area contributed by atoms with Crippen LogP contribution in [0, 0.1) is 35.0 Å². The molecule has 0 bridgehead atoms. The Morgan fingerprint density at radius 3 is 2.69 bits per heavy atom. The Balaban J connectivity index is 0.00000117. The van der Waals surface area contributed by atoms with Crippen LogP contribution in [-0.4, -0.2) is 48.3 Å². The van der Waals surface area contributed by atoms with Gasteiger partial charge in [0.1, 0.15) is 5.60 Å². The van der Waals surface area contributed by atoms with Crippen LogP contribution in [-0.2, 0) is 4.74 Å². The van der Waals surface area contributed by atoms with Crippen molar-refractivity contribution in [1.29, 1.82) is 0 Å². The smallest absolute Gasteiger partial charge is 0.131 e. The van der Waals surface area contributed by atoms with E-state index < -0.39 is 5.60 Å². The molecule has 0 aromatic rings. The molecule has 1 N–H and O–H groups in total. The molecule has 2 fully saturated rings. The second-order valence-corrected chi connectivity index (χ2v) is 9.69. The molecule has 0 aromatic heterocycles. The Labute approximate surface area is 191 Å². The summed E-state index contributed by atoms with van der Waals surface area (Å²) in [6.07, 6.45) is 11.2. The first-order valence-corrected chi connectivity index (χ1v) is 13.2. The summed E-state index contributed by atoms with van der Waals surface area (Å²) in [5.41, 5.74) is 2.51. The van der Waals surface area contributed by atoms with Crippen molar-refractivity contribution in [2.24, 2.45) is 23.2 Å². The van der Waals surface area contributed by atoms with Crippen molar-refractivity contribution in [3.63, 3.8) is 0 Å². The minimum Gasteiger partial charge on any atom is -0.501 e. The average Bonchev–Trinajstić information content (AvgIpc) is 2.99. The van der Waals surface area contributed by atoms with Crippen LogP contribution in [0.4, 0.5) is 0 Å². The van der Waals surface area contributed by atoms with Crippen molar-refractivity contribution < 1.29 is 9.84 Å². The number of allylic oxidation sites excluding steroid dienone is 3. The Hall–Kier alpha value is -0.510. The van der Waals surface area contributed by atoms with Crippen molar-refractivity contribution in [2.45, 2.75) is 63.9 Å². The molecule has 0 aromatic carbocycles. The van der Waals surface area contributed by atoms with Gasteiger partial charge >= 0.3 is 0 Å². The molecule has 4 aliphatic carbocycles. The molecular weight excluding hydrogens is 473 g/mol. The van der Waals surface area contributed by atoms with Crippen LogP contribution in [0.1, 0.15) is 58.3 Å². The summed E-state index contributed by atoms with van der Waals surface area (Å²) in [5, 5.41) is 11.5. The third-order valence-corrected chi connectivity index (χ3v) is 8.16. The number of halogens is 1. The summed E-state index contributed by atoms with van der Waals surface area (Å²) in [7, 11) is 5.86. The van der Waals surface area contributed by atoms with Crippen LogP contribution in [0.5, 0.6) is 0 Å². The second kappa shape index (κ2) is 9.32. The fraction of sp³-hybridized carbons (Fsp3) is 0.760. The average molecular weight is 511 g/mol. The summed E-state index contributed by atoms with van der Waals surface area (Å²) in [6.45, 7) is 3.05. The largest absolute Gasteiger partial charge is 0.501 e. The lowest BCUT2D eigenvalue weighted by Crippen LogP contribution is -2.50. The van der Waals surface area contributed by atoms with E-state index in [0.29, 0.717) is 5.92 Å². The Morgan fingerprint density at radius 1 is 1.24 bits per heavy atom. The Kier molecular flexibility index (Phi) is 7.44. The van der Waals surface area contributed by atoms with E-state index in [0.717, 1.165) is 56.2 Å². The minimum absolute atomic E-state index is 0.0479. The normalized spacial score (nSPS) is 37.9. The quantitative estimate of drug-likeness (QED) is 0.240. The highest BCUT2D eigenvalue weighted by molar-refractivity contribution is 14.1. The molecule has 4 aliphatic rings. The van der Waals surface area contributed by atoms with Gasteiger partial charge < -0.3 is 9.84 Å². The molecule has 2 saturated carbocycles. The van der Waals surface area contributed by atoms with Crippen molar-refractivity contribution in [2.75, 3.05) is 32.7 Å². The molecule has 3 nitrogen and oxygen atoms in total. The van der Waals surface area contributed by atoms with Gasteiger partial charge in [0.25, 0.3) is 0 Å². The first kappa shape index (κ1) is 23.2. The van der Waals surface area contributed by atoms with Crippen LogP contribution in [0.3, 0.4) is 0 Å². The molecule has 0 aliphatic heterocycles. The maximum atomic E-state index is 11.5. The number of fused-ring (bicyclic) bond motifs is 4. The molecule has 162 valence electrons. The standard InChI is InChI=1S/C24H35NO2.CH3I/c1-23-13-10-20-19-9-7-18(27-4)16-17(19)6-8-21(20)22(23)11-14-24(23,26)12-5-15-25(2)3;1-2/h7,20-22,26H,6,8-11,13-16H2,1-4H3;1H3/t20-,21-,22+,23+,24+;/m1./s1. The summed E-state index contributed by atoms with van der Waals surface area (Å²) in [4.78, 5) is 4.04. The van der Waals surface area contributed by atoms with E-state index in [1.165, 1.54) is 19.3 Å². The molecule has 0 radical (unpaired) electrons. The fourth-order valence-corrected chi connectivity index (χ4v) is 6.61. The number of hydrogen-bond acceptors (Lipinski definition) is 3. The minimum atomic E-state index is -0.803. The molecule has 29 heavy (non-hydrogen) atoms. The zero-order chi connectivity index (χ0) is 21.2. The SMILES string of the molecule is CI.COC1=CCC2=C(CC[C@@H]3[C@@H]2CC[C@@]2(C)[C@H]3CC[C@@]2(O)C#CCN(C)C)C1. The fourth-order valence-electron chi connectivity index (χ4n) is 6.61. The number of ether oxygens (including phenoxy) is 1. The molecule has 0 saturated heterocycles.